The van der Waals surface area contributed by atoms with Crippen molar-refractivity contribution in [1.29, 1.82) is 0 Å². The summed E-state index contributed by atoms with van der Waals surface area (Å²) in [7, 11) is -3.36. The Balaban J connectivity index is 2.57. The fraction of sp³-hybridized carbons (Fsp3) is 0.455. The van der Waals surface area contributed by atoms with Crippen LogP contribution < -0.4 is 5.32 Å². The summed E-state index contributed by atoms with van der Waals surface area (Å²) in [5.41, 5.74) is 0.343. The van der Waals surface area contributed by atoms with E-state index < -0.39 is 15.7 Å². The number of hydrogen-bond acceptors (Lipinski definition) is 3. The third kappa shape index (κ3) is 2.10. The van der Waals surface area contributed by atoms with Crippen molar-refractivity contribution < 1.29 is 12.8 Å². The second kappa shape index (κ2) is 4.14. The van der Waals surface area contributed by atoms with Gasteiger partial charge >= 0.3 is 0 Å². The molecule has 1 aromatic rings. The molecule has 0 saturated carbocycles. The quantitative estimate of drug-likeness (QED) is 0.851. The molecule has 0 spiro atoms. The molecule has 1 heterocycles. The molecule has 0 bridgehead atoms. The van der Waals surface area contributed by atoms with Crippen molar-refractivity contribution in [2.75, 3.05) is 19.3 Å². The van der Waals surface area contributed by atoms with E-state index >= 15 is 0 Å². The number of halogens is 1. The molecule has 1 unspecified atom stereocenters. The van der Waals surface area contributed by atoms with Gasteiger partial charge in [-0.05, 0) is 25.1 Å². The second-order valence-corrected chi connectivity index (χ2v) is 6.10. The molecule has 1 fully saturated rings. The van der Waals surface area contributed by atoms with Crippen molar-refractivity contribution in [2.45, 2.75) is 17.2 Å². The van der Waals surface area contributed by atoms with Gasteiger partial charge in [-0.1, -0.05) is 6.07 Å². The van der Waals surface area contributed by atoms with Gasteiger partial charge in [-0.2, -0.15) is 0 Å². The Kier molecular flexibility index (Phi) is 2.99. The number of nitrogens with one attached hydrogen (secondary N) is 1. The lowest BCUT2D eigenvalue weighted by Gasteiger charge is -2.14. The zero-order chi connectivity index (χ0) is 11.8. The SMILES string of the molecule is CS(=O)(=O)c1cccc(F)c1C1CCNC1. The fourth-order valence-electron chi connectivity index (χ4n) is 2.14. The van der Waals surface area contributed by atoms with E-state index in [0.29, 0.717) is 12.1 Å². The number of benzene rings is 1. The molecule has 1 aliphatic rings. The van der Waals surface area contributed by atoms with E-state index in [-0.39, 0.29) is 10.8 Å². The molecule has 1 aliphatic heterocycles. The van der Waals surface area contributed by atoms with Gasteiger partial charge in [0.25, 0.3) is 0 Å². The highest BCUT2D eigenvalue weighted by Crippen LogP contribution is 2.30. The van der Waals surface area contributed by atoms with E-state index in [1.807, 2.05) is 0 Å². The van der Waals surface area contributed by atoms with Crippen molar-refractivity contribution in [3.8, 4) is 0 Å². The lowest BCUT2D eigenvalue weighted by molar-refractivity contribution is 0.567. The zero-order valence-corrected chi connectivity index (χ0v) is 9.85. The van der Waals surface area contributed by atoms with E-state index in [0.717, 1.165) is 19.2 Å². The minimum atomic E-state index is -3.36. The van der Waals surface area contributed by atoms with E-state index in [1.165, 1.54) is 18.2 Å². The third-order valence-corrected chi connectivity index (χ3v) is 4.04. The van der Waals surface area contributed by atoms with Crippen LogP contribution in [0.4, 0.5) is 4.39 Å². The lowest BCUT2D eigenvalue weighted by atomic mass is 9.98. The average Bonchev–Trinajstić information content (AvgIpc) is 2.68. The van der Waals surface area contributed by atoms with Crippen molar-refractivity contribution in [1.82, 2.24) is 5.32 Å². The molecule has 1 N–H and O–H groups in total. The van der Waals surface area contributed by atoms with Gasteiger partial charge in [0, 0.05) is 24.3 Å². The van der Waals surface area contributed by atoms with Gasteiger partial charge in [-0.3, -0.25) is 0 Å². The topological polar surface area (TPSA) is 46.2 Å². The minimum Gasteiger partial charge on any atom is -0.316 e. The molecule has 0 aromatic heterocycles. The van der Waals surface area contributed by atoms with Crippen LogP contribution in [-0.2, 0) is 9.84 Å². The van der Waals surface area contributed by atoms with Gasteiger partial charge in [-0.15, -0.1) is 0 Å². The Morgan fingerprint density at radius 2 is 2.19 bits per heavy atom. The number of rotatable bonds is 2. The summed E-state index contributed by atoms with van der Waals surface area (Å²) < 4.78 is 36.9. The van der Waals surface area contributed by atoms with Crippen LogP contribution in [0.2, 0.25) is 0 Å². The first kappa shape index (κ1) is 11.5. The van der Waals surface area contributed by atoms with Gasteiger partial charge in [0.1, 0.15) is 5.82 Å². The monoisotopic (exact) mass is 243 g/mol. The molecule has 1 saturated heterocycles. The smallest absolute Gasteiger partial charge is 0.175 e. The van der Waals surface area contributed by atoms with Gasteiger partial charge in [0.05, 0.1) is 4.90 Å². The molecule has 88 valence electrons. The largest absolute Gasteiger partial charge is 0.316 e. The maximum atomic E-state index is 13.7. The fourth-order valence-corrected chi connectivity index (χ4v) is 3.13. The van der Waals surface area contributed by atoms with Crippen LogP contribution >= 0.6 is 0 Å². The van der Waals surface area contributed by atoms with E-state index in [1.54, 1.807) is 0 Å². The van der Waals surface area contributed by atoms with Crippen molar-refractivity contribution in [3.05, 3.63) is 29.6 Å². The molecule has 3 nitrogen and oxygen atoms in total. The lowest BCUT2D eigenvalue weighted by Crippen LogP contribution is -2.12. The first-order valence-electron chi connectivity index (χ1n) is 5.19. The van der Waals surface area contributed by atoms with E-state index in [4.69, 9.17) is 0 Å². The van der Waals surface area contributed by atoms with Gasteiger partial charge < -0.3 is 5.32 Å². The van der Waals surface area contributed by atoms with Crippen molar-refractivity contribution in [2.24, 2.45) is 0 Å². The average molecular weight is 243 g/mol. The predicted octanol–water partition coefficient (Wildman–Crippen LogP) is 1.31. The Morgan fingerprint density at radius 3 is 2.75 bits per heavy atom. The first-order chi connectivity index (χ1) is 7.50. The van der Waals surface area contributed by atoms with Crippen LogP contribution in [0.5, 0.6) is 0 Å². The highest BCUT2D eigenvalue weighted by Gasteiger charge is 2.26. The van der Waals surface area contributed by atoms with Crippen LogP contribution in [0.25, 0.3) is 0 Å². The number of hydrogen-bond donors (Lipinski definition) is 1. The summed E-state index contributed by atoms with van der Waals surface area (Å²) in [6, 6.07) is 4.24. The van der Waals surface area contributed by atoms with Crippen LogP contribution in [0.1, 0.15) is 17.9 Å². The van der Waals surface area contributed by atoms with Crippen LogP contribution in [0.3, 0.4) is 0 Å². The molecular formula is C11H14FNO2S. The van der Waals surface area contributed by atoms with Crippen LogP contribution in [0.15, 0.2) is 23.1 Å². The normalized spacial score (nSPS) is 21.2. The molecule has 1 atom stereocenters. The summed E-state index contributed by atoms with van der Waals surface area (Å²) in [4.78, 5) is 0.126. The summed E-state index contributed by atoms with van der Waals surface area (Å²) in [6.07, 6.45) is 1.90. The Labute approximate surface area is 94.6 Å². The molecule has 16 heavy (non-hydrogen) atoms. The van der Waals surface area contributed by atoms with Crippen molar-refractivity contribution >= 4 is 9.84 Å². The molecular weight excluding hydrogens is 229 g/mol. The zero-order valence-electron chi connectivity index (χ0n) is 9.03. The molecule has 0 aliphatic carbocycles. The van der Waals surface area contributed by atoms with Gasteiger partial charge in [0.2, 0.25) is 0 Å². The van der Waals surface area contributed by atoms with E-state index in [2.05, 4.69) is 5.32 Å². The maximum absolute atomic E-state index is 13.7. The molecule has 0 amide bonds. The third-order valence-electron chi connectivity index (χ3n) is 2.88. The first-order valence-corrected chi connectivity index (χ1v) is 7.08. The predicted molar refractivity (Wildman–Crippen MR) is 59.7 cm³/mol. The van der Waals surface area contributed by atoms with Crippen LogP contribution in [-0.4, -0.2) is 27.8 Å². The highest BCUT2D eigenvalue weighted by molar-refractivity contribution is 7.90. The maximum Gasteiger partial charge on any atom is 0.175 e. The standard InChI is InChI=1S/C11H14FNO2S/c1-16(14,15)10-4-2-3-9(12)11(10)8-5-6-13-7-8/h2-4,8,13H,5-7H2,1H3. The summed E-state index contributed by atoms with van der Waals surface area (Å²) in [6.45, 7) is 1.45. The molecule has 0 radical (unpaired) electrons. The van der Waals surface area contributed by atoms with Crippen molar-refractivity contribution in [3.63, 3.8) is 0 Å². The minimum absolute atomic E-state index is 0.0362. The Hall–Kier alpha value is -0.940. The molecule has 2 rings (SSSR count). The summed E-state index contributed by atoms with van der Waals surface area (Å²) >= 11 is 0. The number of sulfone groups is 1. The van der Waals surface area contributed by atoms with Gasteiger partial charge in [-0.25, -0.2) is 12.8 Å². The molecule has 1 aromatic carbocycles. The summed E-state index contributed by atoms with van der Waals surface area (Å²) in [5, 5.41) is 3.12. The second-order valence-electron chi connectivity index (χ2n) is 4.11. The Bertz CT molecular complexity index is 493. The molecule has 5 heteroatoms. The summed E-state index contributed by atoms with van der Waals surface area (Å²) in [5.74, 6) is -0.456. The Morgan fingerprint density at radius 1 is 1.44 bits per heavy atom. The van der Waals surface area contributed by atoms with E-state index in [9.17, 15) is 12.8 Å². The van der Waals surface area contributed by atoms with Gasteiger partial charge in [0.15, 0.2) is 9.84 Å². The highest BCUT2D eigenvalue weighted by atomic mass is 32.2. The van der Waals surface area contributed by atoms with Crippen LogP contribution in [0, 0.1) is 5.82 Å².